The average molecular weight is 255 g/mol. The van der Waals surface area contributed by atoms with Crippen molar-refractivity contribution in [1.29, 1.82) is 5.26 Å². The second-order valence-electron chi connectivity index (χ2n) is 3.79. The summed E-state index contributed by atoms with van der Waals surface area (Å²) in [5.41, 5.74) is 7.16. The van der Waals surface area contributed by atoms with Crippen LogP contribution in [-0.4, -0.2) is 17.1 Å². The highest BCUT2D eigenvalue weighted by atomic mass is 16.5. The first-order valence-corrected chi connectivity index (χ1v) is 5.62. The van der Waals surface area contributed by atoms with Crippen molar-refractivity contribution in [2.75, 3.05) is 18.2 Å². The molecule has 2 rings (SSSR count). The molecule has 0 aliphatic rings. The molecule has 0 unspecified atom stereocenters. The van der Waals surface area contributed by atoms with Gasteiger partial charge >= 0.3 is 0 Å². The van der Waals surface area contributed by atoms with Gasteiger partial charge in [0, 0.05) is 17.4 Å². The maximum atomic E-state index is 8.79. The van der Waals surface area contributed by atoms with Crippen molar-refractivity contribution >= 4 is 17.5 Å². The lowest BCUT2D eigenvalue weighted by Crippen LogP contribution is -2.00. The summed E-state index contributed by atoms with van der Waals surface area (Å²) >= 11 is 0. The van der Waals surface area contributed by atoms with E-state index in [1.807, 2.05) is 12.1 Å². The van der Waals surface area contributed by atoms with Crippen LogP contribution in [0.5, 0.6) is 5.75 Å². The van der Waals surface area contributed by atoms with Crippen molar-refractivity contribution in [3.05, 3.63) is 36.0 Å². The molecule has 0 amide bonds. The minimum Gasteiger partial charge on any atom is -0.496 e. The van der Waals surface area contributed by atoms with Gasteiger partial charge < -0.3 is 15.8 Å². The number of aromatic nitrogens is 2. The lowest BCUT2D eigenvalue weighted by molar-refractivity contribution is 0.411. The molecule has 3 N–H and O–H groups in total. The predicted molar refractivity (Wildman–Crippen MR) is 72.0 cm³/mol. The Hall–Kier alpha value is -2.81. The normalized spacial score (nSPS) is 9.68. The van der Waals surface area contributed by atoms with Crippen LogP contribution in [0.2, 0.25) is 0 Å². The Bertz CT molecular complexity index is 621. The van der Waals surface area contributed by atoms with E-state index in [-0.39, 0.29) is 6.42 Å². The van der Waals surface area contributed by atoms with Crippen molar-refractivity contribution in [2.45, 2.75) is 6.42 Å². The van der Waals surface area contributed by atoms with Crippen LogP contribution in [-0.2, 0) is 6.42 Å². The van der Waals surface area contributed by atoms with Gasteiger partial charge in [0.2, 0.25) is 5.95 Å². The number of ether oxygens (including phenoxy) is 1. The van der Waals surface area contributed by atoms with E-state index < -0.39 is 0 Å². The molecule has 0 saturated heterocycles. The Labute approximate surface area is 110 Å². The number of anilines is 3. The van der Waals surface area contributed by atoms with E-state index in [1.54, 1.807) is 25.4 Å². The fourth-order valence-electron chi connectivity index (χ4n) is 1.64. The summed E-state index contributed by atoms with van der Waals surface area (Å²) in [5, 5.41) is 11.8. The molecule has 0 saturated carbocycles. The van der Waals surface area contributed by atoms with Crippen LogP contribution < -0.4 is 15.8 Å². The van der Waals surface area contributed by atoms with E-state index >= 15 is 0 Å². The van der Waals surface area contributed by atoms with E-state index in [0.29, 0.717) is 17.5 Å². The van der Waals surface area contributed by atoms with E-state index in [9.17, 15) is 0 Å². The molecule has 0 atom stereocenters. The number of nitrogen functional groups attached to an aromatic ring is 1. The third kappa shape index (κ3) is 3.10. The highest BCUT2D eigenvalue weighted by Gasteiger charge is 2.05. The highest BCUT2D eigenvalue weighted by molar-refractivity contribution is 5.58. The molecule has 0 aliphatic heterocycles. The molecular weight excluding hydrogens is 242 g/mol. The SMILES string of the molecule is COc1ccc(Nc2nccc(N)n2)cc1CC#N. The molecule has 0 bridgehead atoms. The van der Waals surface area contributed by atoms with Gasteiger partial charge in [-0.15, -0.1) is 0 Å². The fraction of sp³-hybridized carbons (Fsp3) is 0.154. The van der Waals surface area contributed by atoms with E-state index in [0.717, 1.165) is 11.3 Å². The van der Waals surface area contributed by atoms with Crippen molar-refractivity contribution < 1.29 is 4.74 Å². The van der Waals surface area contributed by atoms with Crippen LogP contribution in [0.4, 0.5) is 17.5 Å². The summed E-state index contributed by atoms with van der Waals surface area (Å²) in [6.07, 6.45) is 1.85. The Morgan fingerprint density at radius 1 is 1.42 bits per heavy atom. The van der Waals surface area contributed by atoms with Crippen molar-refractivity contribution in [2.24, 2.45) is 0 Å². The van der Waals surface area contributed by atoms with Crippen molar-refractivity contribution in [3.8, 4) is 11.8 Å². The van der Waals surface area contributed by atoms with Crippen LogP contribution in [0.1, 0.15) is 5.56 Å². The van der Waals surface area contributed by atoms with Crippen molar-refractivity contribution in [3.63, 3.8) is 0 Å². The summed E-state index contributed by atoms with van der Waals surface area (Å²) in [7, 11) is 1.57. The maximum absolute atomic E-state index is 8.79. The first-order valence-electron chi connectivity index (χ1n) is 5.62. The summed E-state index contributed by atoms with van der Waals surface area (Å²) in [6, 6.07) is 9.16. The number of hydrogen-bond acceptors (Lipinski definition) is 6. The van der Waals surface area contributed by atoms with Crippen LogP contribution in [0.15, 0.2) is 30.5 Å². The largest absolute Gasteiger partial charge is 0.496 e. The Morgan fingerprint density at radius 2 is 2.26 bits per heavy atom. The van der Waals surface area contributed by atoms with Gasteiger partial charge in [-0.05, 0) is 24.3 Å². The van der Waals surface area contributed by atoms with Gasteiger partial charge in [-0.3, -0.25) is 0 Å². The quantitative estimate of drug-likeness (QED) is 0.865. The maximum Gasteiger partial charge on any atom is 0.229 e. The van der Waals surface area contributed by atoms with Crippen LogP contribution in [0.3, 0.4) is 0 Å². The van der Waals surface area contributed by atoms with Gasteiger partial charge in [-0.1, -0.05) is 0 Å². The average Bonchev–Trinajstić information content (AvgIpc) is 2.39. The van der Waals surface area contributed by atoms with Gasteiger partial charge in [0.15, 0.2) is 0 Å². The molecule has 0 radical (unpaired) electrons. The Balaban J connectivity index is 2.26. The number of rotatable bonds is 4. The van der Waals surface area contributed by atoms with E-state index in [1.165, 1.54) is 0 Å². The number of nitrogens with zero attached hydrogens (tertiary/aromatic N) is 3. The molecule has 1 aromatic heterocycles. The first kappa shape index (κ1) is 12.6. The molecule has 6 nitrogen and oxygen atoms in total. The lowest BCUT2D eigenvalue weighted by atomic mass is 10.1. The summed E-state index contributed by atoms with van der Waals surface area (Å²) in [4.78, 5) is 8.10. The number of methoxy groups -OCH3 is 1. The standard InChI is InChI=1S/C13H13N5O/c1-19-11-3-2-10(8-9(11)4-6-14)17-13-16-7-5-12(15)18-13/h2-3,5,7-8H,4H2,1H3,(H3,15,16,17,18). The number of nitrogens with one attached hydrogen (secondary N) is 1. The first-order chi connectivity index (χ1) is 9.22. The molecule has 2 aromatic rings. The van der Waals surface area contributed by atoms with E-state index in [4.69, 9.17) is 15.7 Å². The van der Waals surface area contributed by atoms with Crippen LogP contribution in [0.25, 0.3) is 0 Å². The Morgan fingerprint density at radius 3 is 2.95 bits per heavy atom. The molecule has 0 spiro atoms. The van der Waals surface area contributed by atoms with Gasteiger partial charge in [-0.2, -0.15) is 10.2 Å². The molecule has 0 aliphatic carbocycles. The second-order valence-corrected chi connectivity index (χ2v) is 3.79. The molecule has 1 aromatic carbocycles. The number of hydrogen-bond donors (Lipinski definition) is 2. The predicted octanol–water partition coefficient (Wildman–Crippen LogP) is 1.88. The summed E-state index contributed by atoms with van der Waals surface area (Å²) < 4.78 is 5.19. The third-order valence-corrected chi connectivity index (χ3v) is 2.48. The molecule has 96 valence electrons. The highest BCUT2D eigenvalue weighted by Crippen LogP contribution is 2.24. The fourth-order valence-corrected chi connectivity index (χ4v) is 1.64. The zero-order chi connectivity index (χ0) is 13.7. The molecule has 19 heavy (non-hydrogen) atoms. The molecular formula is C13H13N5O. The lowest BCUT2D eigenvalue weighted by Gasteiger charge is -2.09. The van der Waals surface area contributed by atoms with Crippen LogP contribution >= 0.6 is 0 Å². The summed E-state index contributed by atoms with van der Waals surface area (Å²) in [5.74, 6) is 1.48. The number of nitriles is 1. The molecule has 0 fully saturated rings. The second kappa shape index (κ2) is 5.69. The van der Waals surface area contributed by atoms with Gasteiger partial charge in [-0.25, -0.2) is 4.98 Å². The van der Waals surface area contributed by atoms with Gasteiger partial charge in [0.05, 0.1) is 19.6 Å². The summed E-state index contributed by atoms with van der Waals surface area (Å²) in [6.45, 7) is 0. The topological polar surface area (TPSA) is 96.8 Å². The smallest absolute Gasteiger partial charge is 0.229 e. The van der Waals surface area contributed by atoms with Crippen molar-refractivity contribution in [1.82, 2.24) is 9.97 Å². The molecule has 1 heterocycles. The monoisotopic (exact) mass is 255 g/mol. The zero-order valence-corrected chi connectivity index (χ0v) is 10.4. The molecule has 6 heteroatoms. The number of benzene rings is 1. The zero-order valence-electron chi connectivity index (χ0n) is 10.4. The van der Waals surface area contributed by atoms with E-state index in [2.05, 4.69) is 21.4 Å². The Kier molecular flexibility index (Phi) is 3.78. The third-order valence-electron chi connectivity index (χ3n) is 2.48. The minimum absolute atomic E-state index is 0.274. The minimum atomic E-state index is 0.274. The van der Waals surface area contributed by atoms with Gasteiger partial charge in [0.1, 0.15) is 11.6 Å². The van der Waals surface area contributed by atoms with Crippen LogP contribution in [0, 0.1) is 11.3 Å². The number of nitrogens with two attached hydrogens (primary N) is 1. The van der Waals surface area contributed by atoms with Gasteiger partial charge in [0.25, 0.3) is 0 Å².